The van der Waals surface area contributed by atoms with Crippen molar-refractivity contribution >= 4 is 50.8 Å². The van der Waals surface area contributed by atoms with E-state index in [2.05, 4.69) is 21.2 Å². The Kier molecular flexibility index (Phi) is 5.01. The molecule has 3 nitrogen and oxygen atoms in total. The van der Waals surface area contributed by atoms with Crippen molar-refractivity contribution in [2.75, 3.05) is 5.32 Å². The van der Waals surface area contributed by atoms with Crippen LogP contribution in [0.5, 0.6) is 5.75 Å². The van der Waals surface area contributed by atoms with Crippen molar-refractivity contribution in [1.29, 1.82) is 0 Å². The molecule has 0 fully saturated rings. The summed E-state index contributed by atoms with van der Waals surface area (Å²) in [6.07, 6.45) is 1.86. The summed E-state index contributed by atoms with van der Waals surface area (Å²) in [6, 6.07) is 21.0. The van der Waals surface area contributed by atoms with E-state index in [-0.39, 0.29) is 5.91 Å². The van der Waals surface area contributed by atoms with Crippen LogP contribution < -0.4 is 10.1 Å². The van der Waals surface area contributed by atoms with E-state index in [0.29, 0.717) is 23.0 Å². The number of hydrogen-bond donors (Lipinski definition) is 1. The molecule has 0 saturated carbocycles. The Morgan fingerprint density at radius 3 is 2.63 bits per heavy atom. The molecule has 5 heteroatoms. The second kappa shape index (κ2) is 7.59. The van der Waals surface area contributed by atoms with E-state index in [4.69, 9.17) is 16.3 Å². The summed E-state index contributed by atoms with van der Waals surface area (Å²) in [4.78, 5) is 12.4. The van der Waals surface area contributed by atoms with Gasteiger partial charge in [0.1, 0.15) is 12.4 Å². The maximum absolute atomic E-state index is 12.4. The zero-order valence-electron chi connectivity index (χ0n) is 14.2. The lowest BCUT2D eigenvalue weighted by Gasteiger charge is -2.11. The van der Waals surface area contributed by atoms with Crippen molar-refractivity contribution < 1.29 is 9.53 Å². The third-order valence-corrected chi connectivity index (χ3v) is 5.03. The van der Waals surface area contributed by atoms with E-state index >= 15 is 0 Å². The van der Waals surface area contributed by atoms with Crippen LogP contribution in [0.25, 0.3) is 11.6 Å². The topological polar surface area (TPSA) is 38.3 Å². The minimum Gasteiger partial charge on any atom is -0.488 e. The van der Waals surface area contributed by atoms with Crippen molar-refractivity contribution in [3.8, 4) is 5.75 Å². The molecule has 1 aliphatic rings. The van der Waals surface area contributed by atoms with Crippen molar-refractivity contribution in [3.63, 3.8) is 0 Å². The lowest BCUT2D eigenvalue weighted by molar-refractivity contribution is -0.110. The summed E-state index contributed by atoms with van der Waals surface area (Å²) in [5, 5.41) is 3.59. The molecule has 1 aliphatic heterocycles. The Hall–Kier alpha value is -2.56. The van der Waals surface area contributed by atoms with Crippen LogP contribution in [0.1, 0.15) is 16.7 Å². The number of halogens is 2. The van der Waals surface area contributed by atoms with Crippen molar-refractivity contribution in [2.45, 2.75) is 6.61 Å². The van der Waals surface area contributed by atoms with Crippen molar-refractivity contribution in [1.82, 2.24) is 0 Å². The first-order chi connectivity index (χ1) is 13.1. The minimum absolute atomic E-state index is 0.111. The average molecular weight is 441 g/mol. The van der Waals surface area contributed by atoms with Crippen LogP contribution in [0.4, 0.5) is 5.69 Å². The first-order valence-electron chi connectivity index (χ1n) is 8.39. The molecule has 134 valence electrons. The number of carbonyl (C=O) groups is 1. The number of carbonyl (C=O) groups excluding carboxylic acids is 1. The molecule has 0 atom stereocenters. The van der Waals surface area contributed by atoms with E-state index in [1.807, 2.05) is 72.8 Å². The van der Waals surface area contributed by atoms with Crippen LogP contribution in [0.3, 0.4) is 0 Å². The highest BCUT2D eigenvalue weighted by Crippen LogP contribution is 2.35. The summed E-state index contributed by atoms with van der Waals surface area (Å²) in [5.74, 6) is 0.595. The molecule has 1 heterocycles. The van der Waals surface area contributed by atoms with Gasteiger partial charge in [0.2, 0.25) is 0 Å². The first kappa shape index (κ1) is 17.8. The number of fused-ring (bicyclic) bond motifs is 1. The second-order valence-electron chi connectivity index (χ2n) is 6.16. The van der Waals surface area contributed by atoms with Gasteiger partial charge in [-0.2, -0.15) is 0 Å². The summed E-state index contributed by atoms with van der Waals surface area (Å²) in [7, 11) is 0. The van der Waals surface area contributed by atoms with Crippen molar-refractivity contribution in [2.24, 2.45) is 0 Å². The molecule has 4 rings (SSSR count). The second-order valence-corrected chi connectivity index (χ2v) is 7.51. The summed E-state index contributed by atoms with van der Waals surface area (Å²) < 4.78 is 6.93. The van der Waals surface area contributed by atoms with Gasteiger partial charge < -0.3 is 10.1 Å². The quantitative estimate of drug-likeness (QED) is 0.492. The number of para-hydroxylation sites is 1. The fourth-order valence-electron chi connectivity index (χ4n) is 2.94. The lowest BCUT2D eigenvalue weighted by atomic mass is 10.0. The Morgan fingerprint density at radius 2 is 1.81 bits per heavy atom. The first-order valence-corrected chi connectivity index (χ1v) is 9.56. The molecular weight excluding hydrogens is 426 g/mol. The zero-order valence-corrected chi connectivity index (χ0v) is 16.5. The van der Waals surface area contributed by atoms with E-state index in [9.17, 15) is 4.79 Å². The number of rotatable bonds is 4. The predicted molar refractivity (Wildman–Crippen MR) is 113 cm³/mol. The fraction of sp³-hybridized carbons (Fsp3) is 0.0455. The summed E-state index contributed by atoms with van der Waals surface area (Å²) in [5.41, 5.74) is 4.20. The zero-order chi connectivity index (χ0) is 18.8. The Balaban J connectivity index is 1.66. The smallest absolute Gasteiger partial charge is 0.256 e. The molecule has 0 unspecified atom stereocenters. The molecule has 0 radical (unpaired) electrons. The number of amides is 1. The van der Waals surface area contributed by atoms with Crippen LogP contribution in [0.15, 0.2) is 71.2 Å². The van der Waals surface area contributed by atoms with E-state index < -0.39 is 0 Å². The van der Waals surface area contributed by atoms with Crippen LogP contribution in [0, 0.1) is 0 Å². The summed E-state index contributed by atoms with van der Waals surface area (Å²) in [6.45, 7) is 0.414. The molecule has 0 bridgehead atoms. The summed E-state index contributed by atoms with van der Waals surface area (Å²) >= 11 is 9.43. The van der Waals surface area contributed by atoms with E-state index in [1.165, 1.54) is 0 Å². The average Bonchev–Trinajstić information content (AvgIpc) is 2.98. The van der Waals surface area contributed by atoms with E-state index in [1.54, 1.807) is 0 Å². The molecule has 0 aliphatic carbocycles. The number of anilines is 1. The maximum atomic E-state index is 12.4. The Labute approximate surface area is 170 Å². The van der Waals surface area contributed by atoms with Gasteiger partial charge >= 0.3 is 0 Å². The van der Waals surface area contributed by atoms with Gasteiger partial charge in [0, 0.05) is 31.9 Å². The highest BCUT2D eigenvalue weighted by molar-refractivity contribution is 9.10. The maximum Gasteiger partial charge on any atom is 0.256 e. The number of benzene rings is 3. The molecule has 27 heavy (non-hydrogen) atoms. The van der Waals surface area contributed by atoms with Gasteiger partial charge in [-0.1, -0.05) is 57.9 Å². The van der Waals surface area contributed by atoms with Crippen molar-refractivity contribution in [3.05, 3.63) is 92.9 Å². The van der Waals surface area contributed by atoms with Crippen LogP contribution >= 0.6 is 27.5 Å². The molecule has 3 aromatic carbocycles. The molecule has 3 aromatic rings. The van der Waals surface area contributed by atoms with E-state index in [0.717, 1.165) is 26.9 Å². The van der Waals surface area contributed by atoms with Gasteiger partial charge in [0.05, 0.1) is 0 Å². The third-order valence-electron chi connectivity index (χ3n) is 4.29. The third kappa shape index (κ3) is 3.92. The largest absolute Gasteiger partial charge is 0.488 e. The molecule has 0 saturated heterocycles. The minimum atomic E-state index is -0.111. The normalized spacial score (nSPS) is 14.1. The van der Waals surface area contributed by atoms with Gasteiger partial charge in [-0.25, -0.2) is 0 Å². The molecule has 1 N–H and O–H groups in total. The Morgan fingerprint density at radius 1 is 1.04 bits per heavy atom. The highest BCUT2D eigenvalue weighted by Gasteiger charge is 2.23. The van der Waals surface area contributed by atoms with Gasteiger partial charge in [-0.3, -0.25) is 4.79 Å². The van der Waals surface area contributed by atoms with Crippen LogP contribution in [0.2, 0.25) is 5.02 Å². The highest BCUT2D eigenvalue weighted by atomic mass is 79.9. The monoisotopic (exact) mass is 439 g/mol. The van der Waals surface area contributed by atoms with Gasteiger partial charge in [-0.15, -0.1) is 0 Å². The number of ether oxygens (including phenoxy) is 1. The van der Waals surface area contributed by atoms with Gasteiger partial charge in [-0.05, 0) is 48.0 Å². The molecule has 1 amide bonds. The Bertz CT molecular complexity index is 1040. The van der Waals surface area contributed by atoms with Gasteiger partial charge in [0.25, 0.3) is 5.91 Å². The standard InChI is InChI=1S/C22H15BrClNO2/c23-16-7-10-21(27-13-14-5-8-17(24)9-6-14)15(11-16)12-19-18-3-1-2-4-20(18)25-22(19)26/h1-12H,13H2,(H,25,26). The van der Waals surface area contributed by atoms with Gasteiger partial charge in [0.15, 0.2) is 0 Å². The number of hydrogen-bond acceptors (Lipinski definition) is 2. The van der Waals surface area contributed by atoms with Crippen LogP contribution in [-0.2, 0) is 11.4 Å². The molecule has 0 aromatic heterocycles. The number of nitrogens with one attached hydrogen (secondary N) is 1. The molecule has 0 spiro atoms. The molecular formula is C22H15BrClNO2. The van der Waals surface area contributed by atoms with Crippen LogP contribution in [-0.4, -0.2) is 5.91 Å². The SMILES string of the molecule is O=C1Nc2ccccc2C1=Cc1cc(Br)ccc1OCc1ccc(Cl)cc1. The predicted octanol–water partition coefficient (Wildman–Crippen LogP) is 6.17. The lowest BCUT2D eigenvalue weighted by Crippen LogP contribution is -2.04. The fourth-order valence-corrected chi connectivity index (χ4v) is 3.45.